The summed E-state index contributed by atoms with van der Waals surface area (Å²) in [5.41, 5.74) is 0.857. The molecule has 0 atom stereocenters. The molecule has 0 fully saturated rings. The number of aliphatic hydroxyl groups excluding tert-OH is 1. The van der Waals surface area contributed by atoms with E-state index in [0.717, 1.165) is 30.9 Å². The Labute approximate surface area is 120 Å². The fourth-order valence-electron chi connectivity index (χ4n) is 1.70. The van der Waals surface area contributed by atoms with Crippen molar-refractivity contribution in [3.8, 4) is 23.7 Å². The van der Waals surface area contributed by atoms with E-state index in [-0.39, 0.29) is 6.61 Å². The Hall–Kier alpha value is -2.01. The van der Waals surface area contributed by atoms with E-state index in [2.05, 4.69) is 29.7 Å². The highest BCUT2D eigenvalue weighted by Gasteiger charge is 2.02. The van der Waals surface area contributed by atoms with Gasteiger partial charge < -0.3 is 9.84 Å². The first-order valence-electron chi connectivity index (χ1n) is 6.72. The van der Waals surface area contributed by atoms with Gasteiger partial charge in [-0.05, 0) is 30.8 Å². The van der Waals surface area contributed by atoms with Crippen LogP contribution in [0.25, 0.3) is 0 Å². The lowest BCUT2D eigenvalue weighted by molar-refractivity contribution is 0.218. The second-order valence-electron chi connectivity index (χ2n) is 4.18. The lowest BCUT2D eigenvalue weighted by atomic mass is 10.2. The Morgan fingerprint density at radius 3 is 2.60 bits per heavy atom. The van der Waals surface area contributed by atoms with Gasteiger partial charge in [0.25, 0.3) is 0 Å². The summed E-state index contributed by atoms with van der Waals surface area (Å²) in [6.07, 6.45) is 0.548. The number of ether oxygens (including phenoxy) is 1. The van der Waals surface area contributed by atoms with Crippen LogP contribution in [0.1, 0.15) is 18.9 Å². The van der Waals surface area contributed by atoms with Gasteiger partial charge in [-0.2, -0.15) is 5.26 Å². The number of benzene rings is 1. The second-order valence-corrected chi connectivity index (χ2v) is 4.18. The van der Waals surface area contributed by atoms with Gasteiger partial charge in [0.15, 0.2) is 0 Å². The van der Waals surface area contributed by atoms with Crippen molar-refractivity contribution < 1.29 is 9.84 Å². The molecular formula is C16H20N2O2. The summed E-state index contributed by atoms with van der Waals surface area (Å²) in [4.78, 5) is 2.18. The molecule has 1 N–H and O–H groups in total. The van der Waals surface area contributed by atoms with Crippen molar-refractivity contribution in [3.63, 3.8) is 0 Å². The zero-order chi connectivity index (χ0) is 14.6. The summed E-state index contributed by atoms with van der Waals surface area (Å²) in [6, 6.07) is 9.62. The van der Waals surface area contributed by atoms with Crippen LogP contribution in [0.15, 0.2) is 24.3 Å². The maximum absolute atomic E-state index is 8.61. The summed E-state index contributed by atoms with van der Waals surface area (Å²) in [5.74, 6) is 6.24. The molecule has 0 spiro atoms. The third kappa shape index (κ3) is 6.24. The van der Waals surface area contributed by atoms with Crippen molar-refractivity contribution in [1.82, 2.24) is 4.90 Å². The third-order valence-corrected chi connectivity index (χ3v) is 2.83. The standard InChI is InChI=1S/C16H20N2O2/c1-2-18(11-4-10-17)12-14-20-16-8-6-15(7-9-16)5-3-13-19/h6-9,19H,2,4,11-14H2,1H3. The Balaban J connectivity index is 2.36. The number of rotatable bonds is 7. The molecule has 106 valence electrons. The summed E-state index contributed by atoms with van der Waals surface area (Å²) in [6.45, 7) is 5.05. The second kappa shape index (κ2) is 9.86. The topological polar surface area (TPSA) is 56.5 Å². The fraction of sp³-hybridized carbons (Fsp3) is 0.438. The number of aliphatic hydroxyl groups is 1. The van der Waals surface area contributed by atoms with Gasteiger partial charge in [-0.25, -0.2) is 0 Å². The van der Waals surface area contributed by atoms with Gasteiger partial charge in [0.1, 0.15) is 19.0 Å². The molecule has 0 saturated carbocycles. The summed E-state index contributed by atoms with van der Waals surface area (Å²) < 4.78 is 5.66. The maximum atomic E-state index is 8.61. The van der Waals surface area contributed by atoms with Crippen LogP contribution in [-0.2, 0) is 0 Å². The van der Waals surface area contributed by atoms with Gasteiger partial charge >= 0.3 is 0 Å². The first-order chi connectivity index (χ1) is 9.80. The molecule has 1 rings (SSSR count). The van der Waals surface area contributed by atoms with E-state index in [1.807, 2.05) is 24.3 Å². The van der Waals surface area contributed by atoms with Crippen molar-refractivity contribution in [1.29, 1.82) is 5.26 Å². The highest BCUT2D eigenvalue weighted by Crippen LogP contribution is 2.11. The highest BCUT2D eigenvalue weighted by atomic mass is 16.5. The molecule has 4 heteroatoms. The van der Waals surface area contributed by atoms with E-state index in [0.29, 0.717) is 13.0 Å². The molecule has 0 unspecified atom stereocenters. The number of nitrogens with zero attached hydrogens (tertiary/aromatic N) is 2. The molecule has 0 aliphatic rings. The van der Waals surface area contributed by atoms with Crippen LogP contribution in [0.2, 0.25) is 0 Å². The SMILES string of the molecule is CCN(CCC#N)CCOc1ccc(C#CCO)cc1. The monoisotopic (exact) mass is 272 g/mol. The van der Waals surface area contributed by atoms with E-state index in [1.54, 1.807) is 0 Å². The van der Waals surface area contributed by atoms with Gasteiger partial charge in [-0.1, -0.05) is 18.8 Å². The average molecular weight is 272 g/mol. The van der Waals surface area contributed by atoms with Gasteiger partial charge in [0.05, 0.1) is 6.07 Å². The largest absolute Gasteiger partial charge is 0.492 e. The van der Waals surface area contributed by atoms with Crippen LogP contribution in [0.4, 0.5) is 0 Å². The Morgan fingerprint density at radius 2 is 2.00 bits per heavy atom. The van der Waals surface area contributed by atoms with Crippen LogP contribution in [0.5, 0.6) is 5.75 Å². The zero-order valence-electron chi connectivity index (χ0n) is 11.8. The molecule has 0 aromatic heterocycles. The number of hydrogen-bond donors (Lipinski definition) is 1. The van der Waals surface area contributed by atoms with Gasteiger partial charge in [-0.3, -0.25) is 4.90 Å². The van der Waals surface area contributed by atoms with E-state index in [4.69, 9.17) is 15.1 Å². The highest BCUT2D eigenvalue weighted by molar-refractivity contribution is 5.38. The molecule has 20 heavy (non-hydrogen) atoms. The van der Waals surface area contributed by atoms with Crippen LogP contribution in [-0.4, -0.2) is 42.9 Å². The van der Waals surface area contributed by atoms with E-state index >= 15 is 0 Å². The van der Waals surface area contributed by atoms with Crippen molar-refractivity contribution in [2.45, 2.75) is 13.3 Å². The smallest absolute Gasteiger partial charge is 0.119 e. The molecule has 4 nitrogen and oxygen atoms in total. The Morgan fingerprint density at radius 1 is 1.25 bits per heavy atom. The average Bonchev–Trinajstić information content (AvgIpc) is 2.49. The molecule has 0 heterocycles. The van der Waals surface area contributed by atoms with Crippen LogP contribution in [0, 0.1) is 23.2 Å². The van der Waals surface area contributed by atoms with E-state index in [9.17, 15) is 0 Å². The minimum atomic E-state index is -0.131. The number of likely N-dealkylation sites (N-methyl/N-ethyl adjacent to an activating group) is 1. The first kappa shape index (κ1) is 16.0. The van der Waals surface area contributed by atoms with Crippen LogP contribution in [0.3, 0.4) is 0 Å². The molecule has 1 aromatic rings. The van der Waals surface area contributed by atoms with Crippen molar-refractivity contribution in [2.75, 3.05) is 32.8 Å². The van der Waals surface area contributed by atoms with E-state index in [1.165, 1.54) is 0 Å². The summed E-state index contributed by atoms with van der Waals surface area (Å²) >= 11 is 0. The lowest BCUT2D eigenvalue weighted by Crippen LogP contribution is -2.29. The van der Waals surface area contributed by atoms with Gasteiger partial charge in [0, 0.05) is 25.1 Å². The quantitative estimate of drug-likeness (QED) is 0.767. The van der Waals surface area contributed by atoms with Crippen LogP contribution >= 0.6 is 0 Å². The molecule has 0 radical (unpaired) electrons. The van der Waals surface area contributed by atoms with Crippen molar-refractivity contribution >= 4 is 0 Å². The van der Waals surface area contributed by atoms with Crippen LogP contribution < -0.4 is 4.74 Å². The fourth-order valence-corrected chi connectivity index (χ4v) is 1.70. The minimum Gasteiger partial charge on any atom is -0.492 e. The third-order valence-electron chi connectivity index (χ3n) is 2.83. The Kier molecular flexibility index (Phi) is 7.91. The zero-order valence-corrected chi connectivity index (χ0v) is 11.8. The molecule has 0 aliphatic heterocycles. The number of hydrogen-bond acceptors (Lipinski definition) is 4. The molecule has 0 aliphatic carbocycles. The van der Waals surface area contributed by atoms with Crippen molar-refractivity contribution in [3.05, 3.63) is 29.8 Å². The molecule has 1 aromatic carbocycles. The number of nitriles is 1. The Bertz CT molecular complexity index is 480. The molecule has 0 saturated heterocycles. The van der Waals surface area contributed by atoms with Gasteiger partial charge in [-0.15, -0.1) is 0 Å². The summed E-state index contributed by atoms with van der Waals surface area (Å²) in [5, 5.41) is 17.2. The normalized spacial score (nSPS) is 9.70. The minimum absolute atomic E-state index is 0.131. The predicted octanol–water partition coefficient (Wildman–Crippen LogP) is 1.64. The van der Waals surface area contributed by atoms with E-state index < -0.39 is 0 Å². The predicted molar refractivity (Wildman–Crippen MR) is 78.2 cm³/mol. The first-order valence-corrected chi connectivity index (χ1v) is 6.72. The lowest BCUT2D eigenvalue weighted by Gasteiger charge is -2.18. The maximum Gasteiger partial charge on any atom is 0.119 e. The summed E-state index contributed by atoms with van der Waals surface area (Å²) in [7, 11) is 0. The molecular weight excluding hydrogens is 252 g/mol. The van der Waals surface area contributed by atoms with Gasteiger partial charge in [0.2, 0.25) is 0 Å². The molecule has 0 amide bonds. The molecule has 0 bridgehead atoms. The van der Waals surface area contributed by atoms with Crippen molar-refractivity contribution in [2.24, 2.45) is 0 Å².